The van der Waals surface area contributed by atoms with Crippen LogP contribution >= 0.6 is 23.1 Å². The molecule has 7 nitrogen and oxygen atoms in total. The van der Waals surface area contributed by atoms with Crippen LogP contribution in [-0.2, 0) is 11.3 Å². The summed E-state index contributed by atoms with van der Waals surface area (Å²) in [5.74, 6) is 1.20. The number of rotatable bonds is 8. The van der Waals surface area contributed by atoms with Gasteiger partial charge in [-0.2, -0.15) is 0 Å². The Kier molecular flexibility index (Phi) is 5.89. The number of hydrogen-bond donors (Lipinski definition) is 0. The molecule has 0 aliphatic carbocycles. The molecule has 1 saturated heterocycles. The number of benzene rings is 1. The maximum atomic E-state index is 12.5. The summed E-state index contributed by atoms with van der Waals surface area (Å²) < 4.78 is 7.98. The van der Waals surface area contributed by atoms with E-state index in [0.717, 1.165) is 47.6 Å². The number of amides is 2. The zero-order valence-corrected chi connectivity index (χ0v) is 18.5. The highest BCUT2D eigenvalue weighted by Crippen LogP contribution is 2.29. The molecule has 0 spiro atoms. The lowest BCUT2D eigenvalue weighted by molar-refractivity contribution is 0.0654. The second-order valence-electron chi connectivity index (χ2n) is 7.54. The van der Waals surface area contributed by atoms with Crippen LogP contribution in [0.1, 0.15) is 40.0 Å². The molecular weight excluding hydrogens is 432 g/mol. The average molecular weight is 455 g/mol. The second-order valence-corrected chi connectivity index (χ2v) is 9.55. The SMILES string of the molecule is O=C1c2ccccc2C(=O)N1CCCSc1nnc(-c2cccs2)n1CC1CCCO1. The standard InChI is InChI=1S/C22H22N4O3S2/c27-20-16-7-1-2-8-17(16)21(28)25(20)10-5-13-31-22-24-23-19(18-9-4-12-30-18)26(22)14-15-6-3-11-29-15/h1-2,4,7-9,12,15H,3,5-6,10-11,13-14H2. The van der Waals surface area contributed by atoms with Crippen LogP contribution in [0.2, 0.25) is 0 Å². The van der Waals surface area contributed by atoms with Crippen molar-refractivity contribution >= 4 is 34.9 Å². The van der Waals surface area contributed by atoms with Gasteiger partial charge in [0.05, 0.1) is 28.7 Å². The Hall–Kier alpha value is -2.49. The first-order chi connectivity index (χ1) is 15.2. The molecule has 160 valence electrons. The Bertz CT molecular complexity index is 1060. The molecule has 0 saturated carbocycles. The fourth-order valence-corrected chi connectivity index (χ4v) is 5.56. The molecule has 1 unspecified atom stereocenters. The number of thiophene rings is 1. The first kappa shape index (κ1) is 20.4. The fourth-order valence-electron chi connectivity index (χ4n) is 3.97. The number of ether oxygens (including phenoxy) is 1. The van der Waals surface area contributed by atoms with Gasteiger partial charge in [0.2, 0.25) is 0 Å². The third-order valence-electron chi connectivity index (χ3n) is 5.50. The number of hydrogen-bond acceptors (Lipinski definition) is 7. The van der Waals surface area contributed by atoms with Crippen LogP contribution in [0.5, 0.6) is 0 Å². The normalized spacial score (nSPS) is 18.2. The first-order valence-electron chi connectivity index (χ1n) is 10.4. The quantitative estimate of drug-likeness (QED) is 0.291. The van der Waals surface area contributed by atoms with Crippen molar-refractivity contribution < 1.29 is 14.3 Å². The third-order valence-corrected chi connectivity index (χ3v) is 7.42. The number of aromatic nitrogens is 3. The number of imide groups is 1. The molecule has 0 radical (unpaired) electrons. The summed E-state index contributed by atoms with van der Waals surface area (Å²) in [7, 11) is 0. The highest BCUT2D eigenvalue weighted by atomic mass is 32.2. The lowest BCUT2D eigenvalue weighted by Gasteiger charge is -2.15. The Morgan fingerprint density at radius 1 is 1.10 bits per heavy atom. The zero-order valence-electron chi connectivity index (χ0n) is 16.9. The van der Waals surface area contributed by atoms with E-state index in [1.807, 2.05) is 11.4 Å². The van der Waals surface area contributed by atoms with Crippen molar-refractivity contribution in [3.63, 3.8) is 0 Å². The number of fused-ring (bicyclic) bond motifs is 1. The zero-order chi connectivity index (χ0) is 21.2. The molecular formula is C22H22N4O3S2. The van der Waals surface area contributed by atoms with E-state index in [1.165, 1.54) is 4.90 Å². The minimum absolute atomic E-state index is 0.187. The second kappa shape index (κ2) is 8.94. The van der Waals surface area contributed by atoms with Crippen molar-refractivity contribution in [2.24, 2.45) is 0 Å². The summed E-state index contributed by atoms with van der Waals surface area (Å²) >= 11 is 3.25. The molecule has 9 heteroatoms. The third kappa shape index (κ3) is 4.05. The molecule has 1 aromatic carbocycles. The van der Waals surface area contributed by atoms with Gasteiger partial charge in [-0.3, -0.25) is 19.1 Å². The lowest BCUT2D eigenvalue weighted by Crippen LogP contribution is -2.31. The van der Waals surface area contributed by atoms with Crippen molar-refractivity contribution in [1.82, 2.24) is 19.7 Å². The number of carbonyl (C=O) groups is 2. The Labute approximate surface area is 188 Å². The number of nitrogens with zero attached hydrogens (tertiary/aromatic N) is 4. The number of carbonyl (C=O) groups excluding carboxylic acids is 2. The van der Waals surface area contributed by atoms with Crippen molar-refractivity contribution in [2.75, 3.05) is 18.9 Å². The van der Waals surface area contributed by atoms with Gasteiger partial charge in [0.25, 0.3) is 11.8 Å². The average Bonchev–Trinajstić information content (AvgIpc) is 3.58. The van der Waals surface area contributed by atoms with E-state index < -0.39 is 0 Å². The van der Waals surface area contributed by atoms with Gasteiger partial charge in [0.1, 0.15) is 0 Å². The van der Waals surface area contributed by atoms with Crippen LogP contribution in [-0.4, -0.2) is 56.5 Å². The predicted molar refractivity (Wildman–Crippen MR) is 119 cm³/mol. The topological polar surface area (TPSA) is 77.3 Å². The van der Waals surface area contributed by atoms with Gasteiger partial charge in [-0.05, 0) is 42.8 Å². The van der Waals surface area contributed by atoms with E-state index in [0.29, 0.717) is 24.1 Å². The van der Waals surface area contributed by atoms with Crippen molar-refractivity contribution in [3.8, 4) is 10.7 Å². The van der Waals surface area contributed by atoms with Gasteiger partial charge in [-0.1, -0.05) is 30.0 Å². The molecule has 2 amide bonds. The fraction of sp³-hybridized carbons (Fsp3) is 0.364. The maximum absolute atomic E-state index is 12.5. The summed E-state index contributed by atoms with van der Waals surface area (Å²) in [5, 5.41) is 11.7. The maximum Gasteiger partial charge on any atom is 0.261 e. The highest BCUT2D eigenvalue weighted by molar-refractivity contribution is 7.99. The smallest absolute Gasteiger partial charge is 0.261 e. The largest absolute Gasteiger partial charge is 0.376 e. The Morgan fingerprint density at radius 2 is 1.90 bits per heavy atom. The summed E-state index contributed by atoms with van der Waals surface area (Å²) in [4.78, 5) is 27.5. The van der Waals surface area contributed by atoms with Crippen LogP contribution in [0.3, 0.4) is 0 Å². The first-order valence-corrected chi connectivity index (χ1v) is 12.3. The van der Waals surface area contributed by atoms with Gasteiger partial charge in [-0.15, -0.1) is 21.5 Å². The van der Waals surface area contributed by atoms with Gasteiger partial charge < -0.3 is 4.74 Å². The molecule has 4 heterocycles. The van der Waals surface area contributed by atoms with E-state index in [2.05, 4.69) is 20.8 Å². The van der Waals surface area contributed by atoms with E-state index in [-0.39, 0.29) is 17.9 Å². The van der Waals surface area contributed by atoms with Crippen molar-refractivity contribution in [2.45, 2.75) is 37.1 Å². The summed E-state index contributed by atoms with van der Waals surface area (Å²) in [6.07, 6.45) is 3.01. The summed E-state index contributed by atoms with van der Waals surface area (Å²) in [6.45, 7) is 1.95. The van der Waals surface area contributed by atoms with Crippen molar-refractivity contribution in [3.05, 3.63) is 52.9 Å². The minimum Gasteiger partial charge on any atom is -0.376 e. The predicted octanol–water partition coefficient (Wildman–Crippen LogP) is 3.96. The van der Waals surface area contributed by atoms with Crippen LogP contribution < -0.4 is 0 Å². The molecule has 2 aliphatic heterocycles. The molecule has 31 heavy (non-hydrogen) atoms. The van der Waals surface area contributed by atoms with Crippen LogP contribution in [0, 0.1) is 0 Å². The van der Waals surface area contributed by atoms with Gasteiger partial charge in [0, 0.05) is 18.9 Å². The highest BCUT2D eigenvalue weighted by Gasteiger charge is 2.34. The molecule has 0 bridgehead atoms. The van der Waals surface area contributed by atoms with Crippen LogP contribution in [0.4, 0.5) is 0 Å². The van der Waals surface area contributed by atoms with Crippen LogP contribution in [0.25, 0.3) is 10.7 Å². The molecule has 5 rings (SSSR count). The van der Waals surface area contributed by atoms with E-state index >= 15 is 0 Å². The molecule has 3 aromatic rings. The molecule has 1 fully saturated rings. The van der Waals surface area contributed by atoms with Gasteiger partial charge >= 0.3 is 0 Å². The monoisotopic (exact) mass is 454 g/mol. The van der Waals surface area contributed by atoms with Crippen LogP contribution in [0.15, 0.2) is 46.9 Å². The molecule has 1 atom stereocenters. The Morgan fingerprint density at radius 3 is 2.58 bits per heavy atom. The molecule has 2 aromatic heterocycles. The van der Waals surface area contributed by atoms with E-state index in [9.17, 15) is 9.59 Å². The summed E-state index contributed by atoms with van der Waals surface area (Å²) in [5.41, 5.74) is 0.995. The van der Waals surface area contributed by atoms with E-state index in [1.54, 1.807) is 47.4 Å². The van der Waals surface area contributed by atoms with E-state index in [4.69, 9.17) is 4.74 Å². The van der Waals surface area contributed by atoms with Gasteiger partial charge in [-0.25, -0.2) is 0 Å². The summed E-state index contributed by atoms with van der Waals surface area (Å²) in [6, 6.07) is 11.1. The Balaban J connectivity index is 1.24. The lowest BCUT2D eigenvalue weighted by atomic mass is 10.1. The number of thioether (sulfide) groups is 1. The van der Waals surface area contributed by atoms with Gasteiger partial charge in [0.15, 0.2) is 11.0 Å². The molecule has 2 aliphatic rings. The van der Waals surface area contributed by atoms with Crippen molar-refractivity contribution in [1.29, 1.82) is 0 Å². The molecule has 0 N–H and O–H groups in total. The minimum atomic E-state index is -0.202.